The van der Waals surface area contributed by atoms with Gasteiger partial charge in [-0.05, 0) is 50.6 Å². The Balaban J connectivity index is 2.06. The predicted octanol–water partition coefficient (Wildman–Crippen LogP) is 2.88. The van der Waals surface area contributed by atoms with E-state index in [2.05, 4.69) is 4.57 Å². The van der Waals surface area contributed by atoms with Crippen LogP contribution in [0.3, 0.4) is 0 Å². The number of sulfonamides is 1. The van der Waals surface area contributed by atoms with Crippen molar-refractivity contribution < 1.29 is 13.2 Å². The number of hydrogen-bond donors (Lipinski definition) is 0. The number of rotatable bonds is 3. The second kappa shape index (κ2) is 5.69. The summed E-state index contributed by atoms with van der Waals surface area (Å²) in [6.07, 6.45) is 0. The predicted molar refractivity (Wildman–Crippen MR) is 89.2 cm³/mol. The molecule has 0 saturated heterocycles. The molecule has 1 atom stereocenters. The van der Waals surface area contributed by atoms with Crippen LogP contribution in [0.1, 0.15) is 29.9 Å². The summed E-state index contributed by atoms with van der Waals surface area (Å²) >= 11 is 0. The van der Waals surface area contributed by atoms with Gasteiger partial charge in [0.25, 0.3) is 0 Å². The molecule has 5 nitrogen and oxygen atoms in total. The molecule has 2 aromatic rings. The maximum Gasteiger partial charge on any atom is 0.247 e. The topological polar surface area (TPSA) is 51.5 Å². The Morgan fingerprint density at radius 1 is 1.13 bits per heavy atom. The van der Waals surface area contributed by atoms with E-state index in [0.717, 1.165) is 17.0 Å². The van der Waals surface area contributed by atoms with Crippen LogP contribution in [0.5, 0.6) is 5.75 Å². The van der Waals surface area contributed by atoms with Crippen LogP contribution in [0.25, 0.3) is 0 Å². The van der Waals surface area contributed by atoms with Gasteiger partial charge in [-0.1, -0.05) is 6.07 Å². The first kappa shape index (κ1) is 16.1. The molecule has 0 spiro atoms. The summed E-state index contributed by atoms with van der Waals surface area (Å²) in [4.78, 5) is 0.239. The molecule has 0 amide bonds. The minimum Gasteiger partial charge on any atom is -0.495 e. The summed E-state index contributed by atoms with van der Waals surface area (Å²) in [5.74, 6) is 0.389. The molecule has 0 bridgehead atoms. The van der Waals surface area contributed by atoms with Gasteiger partial charge in [-0.15, -0.1) is 0 Å². The Morgan fingerprint density at radius 3 is 2.57 bits per heavy atom. The molecule has 0 saturated carbocycles. The number of fused-ring (bicyclic) bond motifs is 1. The van der Waals surface area contributed by atoms with Crippen molar-refractivity contribution in [2.24, 2.45) is 0 Å². The SMILES string of the molecule is COc1ccc(C)cc1S(=O)(=O)N1CCn2c(C)ccc2[C@H]1C. The average molecular weight is 334 g/mol. The Kier molecular flexibility index (Phi) is 3.98. The van der Waals surface area contributed by atoms with E-state index in [4.69, 9.17) is 4.74 Å². The van der Waals surface area contributed by atoms with Crippen LogP contribution in [0.4, 0.5) is 0 Å². The van der Waals surface area contributed by atoms with Crippen molar-refractivity contribution in [3.8, 4) is 5.75 Å². The monoisotopic (exact) mass is 334 g/mol. The van der Waals surface area contributed by atoms with Crippen LogP contribution in [0.15, 0.2) is 35.2 Å². The molecular weight excluding hydrogens is 312 g/mol. The summed E-state index contributed by atoms with van der Waals surface area (Å²) in [5, 5.41) is 0. The molecular formula is C17H22N2O3S. The highest BCUT2D eigenvalue weighted by Crippen LogP contribution is 2.35. The van der Waals surface area contributed by atoms with Crippen LogP contribution in [-0.4, -0.2) is 30.9 Å². The van der Waals surface area contributed by atoms with Gasteiger partial charge in [0.05, 0.1) is 13.2 Å². The third-order valence-electron chi connectivity index (χ3n) is 4.54. The lowest BCUT2D eigenvalue weighted by Crippen LogP contribution is -2.41. The number of aryl methyl sites for hydroxylation is 2. The lowest BCUT2D eigenvalue weighted by atomic mass is 10.2. The molecule has 23 heavy (non-hydrogen) atoms. The Bertz CT molecular complexity index is 840. The molecule has 1 aliphatic heterocycles. The van der Waals surface area contributed by atoms with Crippen molar-refractivity contribution in [3.05, 3.63) is 47.3 Å². The number of nitrogens with zero attached hydrogens (tertiary/aromatic N) is 2. The molecule has 1 aliphatic rings. The van der Waals surface area contributed by atoms with Gasteiger partial charge in [-0.3, -0.25) is 0 Å². The molecule has 0 fully saturated rings. The van der Waals surface area contributed by atoms with Gasteiger partial charge < -0.3 is 9.30 Å². The first-order valence-corrected chi connectivity index (χ1v) is 9.13. The van der Waals surface area contributed by atoms with Crippen molar-refractivity contribution in [2.75, 3.05) is 13.7 Å². The average Bonchev–Trinajstić information content (AvgIpc) is 2.90. The van der Waals surface area contributed by atoms with Crippen molar-refractivity contribution in [1.82, 2.24) is 8.87 Å². The standard InChI is InChI=1S/C17H22N2O3S/c1-12-5-8-16(22-4)17(11-12)23(20,21)19-10-9-18-13(2)6-7-15(18)14(19)3/h5-8,11,14H,9-10H2,1-4H3/t14-/m1/s1. The van der Waals surface area contributed by atoms with Gasteiger partial charge in [0.15, 0.2) is 0 Å². The molecule has 6 heteroatoms. The molecule has 1 aromatic carbocycles. The summed E-state index contributed by atoms with van der Waals surface area (Å²) < 4.78 is 35.4. The maximum atomic E-state index is 13.2. The van der Waals surface area contributed by atoms with E-state index in [9.17, 15) is 8.42 Å². The van der Waals surface area contributed by atoms with Gasteiger partial charge >= 0.3 is 0 Å². The molecule has 0 radical (unpaired) electrons. The molecule has 124 valence electrons. The second-order valence-electron chi connectivity index (χ2n) is 6.00. The van der Waals surface area contributed by atoms with E-state index in [-0.39, 0.29) is 10.9 Å². The highest BCUT2D eigenvalue weighted by atomic mass is 32.2. The minimum atomic E-state index is -3.61. The fourth-order valence-electron chi connectivity index (χ4n) is 3.24. The van der Waals surface area contributed by atoms with Gasteiger partial charge in [-0.25, -0.2) is 8.42 Å². The largest absolute Gasteiger partial charge is 0.495 e. The number of methoxy groups -OCH3 is 1. The van der Waals surface area contributed by atoms with Crippen molar-refractivity contribution in [3.63, 3.8) is 0 Å². The first-order chi connectivity index (χ1) is 10.9. The summed E-state index contributed by atoms with van der Waals surface area (Å²) in [6, 6.07) is 9.09. The highest BCUT2D eigenvalue weighted by Gasteiger charge is 2.36. The molecule has 0 N–H and O–H groups in total. The molecule has 3 rings (SSSR count). The lowest BCUT2D eigenvalue weighted by molar-refractivity contribution is 0.279. The van der Waals surface area contributed by atoms with Gasteiger partial charge in [0.1, 0.15) is 10.6 Å². The zero-order valence-electron chi connectivity index (χ0n) is 13.9. The maximum absolute atomic E-state index is 13.2. The van der Waals surface area contributed by atoms with E-state index in [0.29, 0.717) is 18.8 Å². The van der Waals surface area contributed by atoms with E-state index in [1.807, 2.05) is 39.0 Å². The van der Waals surface area contributed by atoms with Crippen LogP contribution in [0.2, 0.25) is 0 Å². The number of ether oxygens (including phenoxy) is 1. The van der Waals surface area contributed by atoms with E-state index >= 15 is 0 Å². The van der Waals surface area contributed by atoms with Crippen LogP contribution in [0, 0.1) is 13.8 Å². The highest BCUT2D eigenvalue weighted by molar-refractivity contribution is 7.89. The molecule has 2 heterocycles. The van der Waals surface area contributed by atoms with Crippen molar-refractivity contribution in [1.29, 1.82) is 0 Å². The van der Waals surface area contributed by atoms with Crippen molar-refractivity contribution in [2.45, 2.75) is 38.3 Å². The zero-order valence-corrected chi connectivity index (χ0v) is 14.7. The van der Waals surface area contributed by atoms with Crippen LogP contribution < -0.4 is 4.74 Å². The minimum absolute atomic E-state index is 0.201. The third-order valence-corrected chi connectivity index (χ3v) is 6.53. The fraction of sp³-hybridized carbons (Fsp3) is 0.412. The molecule has 1 aromatic heterocycles. The summed E-state index contributed by atoms with van der Waals surface area (Å²) in [6.45, 7) is 7.00. The Labute approximate surface area is 137 Å². The first-order valence-electron chi connectivity index (χ1n) is 7.69. The van der Waals surface area contributed by atoms with Gasteiger partial charge in [-0.2, -0.15) is 4.31 Å². The second-order valence-corrected chi connectivity index (χ2v) is 7.86. The zero-order chi connectivity index (χ0) is 16.8. The van der Waals surface area contributed by atoms with Gasteiger partial charge in [0.2, 0.25) is 10.0 Å². The van der Waals surface area contributed by atoms with Crippen molar-refractivity contribution >= 4 is 10.0 Å². The summed E-state index contributed by atoms with van der Waals surface area (Å²) in [5.41, 5.74) is 3.09. The smallest absolute Gasteiger partial charge is 0.247 e. The van der Waals surface area contributed by atoms with E-state index < -0.39 is 10.0 Å². The lowest BCUT2D eigenvalue weighted by Gasteiger charge is -2.34. The Morgan fingerprint density at radius 2 is 1.87 bits per heavy atom. The number of benzene rings is 1. The Hall–Kier alpha value is -1.79. The van der Waals surface area contributed by atoms with E-state index in [1.165, 1.54) is 7.11 Å². The molecule has 0 aliphatic carbocycles. The van der Waals surface area contributed by atoms with Crippen LogP contribution in [-0.2, 0) is 16.6 Å². The molecule has 0 unspecified atom stereocenters. The number of hydrogen-bond acceptors (Lipinski definition) is 3. The quantitative estimate of drug-likeness (QED) is 0.867. The van der Waals surface area contributed by atoms with E-state index in [1.54, 1.807) is 16.4 Å². The fourth-order valence-corrected chi connectivity index (χ4v) is 5.08. The van der Waals surface area contributed by atoms with Crippen LogP contribution >= 0.6 is 0 Å². The third kappa shape index (κ3) is 2.56. The van der Waals surface area contributed by atoms with Gasteiger partial charge in [0, 0.05) is 24.5 Å². The summed E-state index contributed by atoms with van der Waals surface area (Å²) in [7, 11) is -2.12. The normalized spacial score (nSPS) is 18.7. The number of aromatic nitrogens is 1.